The minimum absolute atomic E-state index is 0.0273. The number of aryl methyl sites for hydroxylation is 2. The van der Waals surface area contributed by atoms with Crippen LogP contribution < -0.4 is 10.7 Å². The molecular weight excluding hydrogens is 346 g/mol. The van der Waals surface area contributed by atoms with Crippen molar-refractivity contribution >= 4 is 28.8 Å². The number of hydrogen-bond donors (Lipinski definition) is 2. The Labute approximate surface area is 157 Å². The van der Waals surface area contributed by atoms with Crippen molar-refractivity contribution in [3.05, 3.63) is 35.1 Å². The smallest absolute Gasteiger partial charge is 0.344 e. The fraction of sp³-hybridized carbons (Fsp3) is 0.450. The van der Waals surface area contributed by atoms with E-state index >= 15 is 0 Å². The molecule has 27 heavy (non-hydrogen) atoms. The maximum atomic E-state index is 12.7. The van der Waals surface area contributed by atoms with Crippen molar-refractivity contribution in [2.24, 2.45) is 0 Å². The van der Waals surface area contributed by atoms with Gasteiger partial charge < -0.3 is 9.73 Å². The van der Waals surface area contributed by atoms with E-state index in [1.54, 1.807) is 6.26 Å². The Hall–Kier alpha value is -2.83. The second-order valence-electron chi connectivity index (χ2n) is 7.57. The molecule has 0 unspecified atom stereocenters. The summed E-state index contributed by atoms with van der Waals surface area (Å²) >= 11 is 0. The highest BCUT2D eigenvalue weighted by molar-refractivity contribution is 6.08. The normalized spacial score (nSPS) is 19.0. The zero-order valence-electron chi connectivity index (χ0n) is 15.6. The van der Waals surface area contributed by atoms with Gasteiger partial charge >= 0.3 is 6.03 Å². The van der Waals surface area contributed by atoms with Crippen LogP contribution in [0.15, 0.2) is 22.8 Å². The van der Waals surface area contributed by atoms with E-state index in [-0.39, 0.29) is 12.3 Å². The van der Waals surface area contributed by atoms with Crippen LogP contribution in [0.25, 0.3) is 11.0 Å². The van der Waals surface area contributed by atoms with E-state index < -0.39 is 17.5 Å². The Morgan fingerprint density at radius 2 is 1.96 bits per heavy atom. The van der Waals surface area contributed by atoms with Crippen LogP contribution in [0.4, 0.5) is 4.79 Å². The third-order valence-corrected chi connectivity index (χ3v) is 5.80. The number of fused-ring (bicyclic) bond motifs is 1. The first kappa shape index (κ1) is 17.6. The van der Waals surface area contributed by atoms with Gasteiger partial charge in [0.1, 0.15) is 11.1 Å². The summed E-state index contributed by atoms with van der Waals surface area (Å²) in [5.41, 5.74) is 5.26. The molecule has 7 nitrogen and oxygen atoms in total. The molecule has 2 N–H and O–H groups in total. The molecule has 0 atom stereocenters. The summed E-state index contributed by atoms with van der Waals surface area (Å²) in [6.45, 7) is 3.98. The average Bonchev–Trinajstić information content (AvgIpc) is 3.14. The molecule has 0 radical (unpaired) electrons. The lowest BCUT2D eigenvalue weighted by molar-refractivity contribution is -0.139. The first-order chi connectivity index (χ1) is 12.9. The number of nitrogens with one attached hydrogen (secondary N) is 2. The highest BCUT2D eigenvalue weighted by atomic mass is 16.3. The van der Waals surface area contributed by atoms with Gasteiger partial charge in [0.25, 0.3) is 5.91 Å². The Morgan fingerprint density at radius 3 is 2.70 bits per heavy atom. The van der Waals surface area contributed by atoms with Crippen molar-refractivity contribution in [3.8, 4) is 0 Å². The predicted molar refractivity (Wildman–Crippen MR) is 98.7 cm³/mol. The van der Waals surface area contributed by atoms with Crippen LogP contribution in [0.2, 0.25) is 0 Å². The lowest BCUT2D eigenvalue weighted by atomic mass is 9.82. The number of rotatable bonds is 3. The first-order valence-corrected chi connectivity index (χ1v) is 9.34. The molecule has 1 saturated carbocycles. The molecule has 1 aliphatic carbocycles. The molecule has 4 rings (SSSR count). The number of urea groups is 1. The molecule has 1 aromatic carbocycles. The Balaban J connectivity index is 1.49. The van der Waals surface area contributed by atoms with Crippen LogP contribution >= 0.6 is 0 Å². The van der Waals surface area contributed by atoms with Gasteiger partial charge in [0.2, 0.25) is 5.91 Å². The second kappa shape index (κ2) is 6.40. The van der Waals surface area contributed by atoms with Gasteiger partial charge in [-0.1, -0.05) is 31.4 Å². The summed E-state index contributed by atoms with van der Waals surface area (Å²) in [5.74, 6) is -0.781. The third-order valence-electron chi connectivity index (χ3n) is 5.80. The summed E-state index contributed by atoms with van der Waals surface area (Å²) in [5, 5.41) is 4.49. The molecule has 0 bridgehead atoms. The number of imide groups is 1. The van der Waals surface area contributed by atoms with Gasteiger partial charge in [-0.15, -0.1) is 0 Å². The van der Waals surface area contributed by atoms with Gasteiger partial charge in [0.05, 0.1) is 12.7 Å². The summed E-state index contributed by atoms with van der Waals surface area (Å²) in [6.07, 6.45) is 5.68. The molecule has 2 aliphatic rings. The summed E-state index contributed by atoms with van der Waals surface area (Å²) < 4.78 is 5.62. The monoisotopic (exact) mass is 369 g/mol. The lowest BCUT2D eigenvalue weighted by Crippen LogP contribution is -2.51. The van der Waals surface area contributed by atoms with Crippen molar-refractivity contribution in [1.29, 1.82) is 0 Å². The molecule has 1 aliphatic heterocycles. The van der Waals surface area contributed by atoms with E-state index in [9.17, 15) is 14.4 Å². The SMILES string of the molecule is Cc1ccc2c(CC(=O)NN3C(=O)NC4(CCCCC4)C3=O)coc2c1C. The van der Waals surface area contributed by atoms with Crippen molar-refractivity contribution in [1.82, 2.24) is 15.8 Å². The minimum atomic E-state index is -0.848. The number of hydrazine groups is 1. The highest BCUT2D eigenvalue weighted by Crippen LogP contribution is 2.33. The molecule has 7 heteroatoms. The van der Waals surface area contributed by atoms with Gasteiger partial charge in [-0.25, -0.2) is 4.79 Å². The molecular formula is C20H23N3O4. The molecule has 142 valence electrons. The van der Waals surface area contributed by atoms with Crippen LogP contribution in [0.5, 0.6) is 0 Å². The van der Waals surface area contributed by atoms with Gasteiger partial charge in [-0.3, -0.25) is 15.0 Å². The highest BCUT2D eigenvalue weighted by Gasteiger charge is 2.52. The summed E-state index contributed by atoms with van der Waals surface area (Å²) in [6, 6.07) is 3.35. The number of hydrogen-bond acceptors (Lipinski definition) is 4. The maximum Gasteiger partial charge on any atom is 0.344 e. The molecule has 2 fully saturated rings. The Bertz CT molecular complexity index is 940. The van der Waals surface area contributed by atoms with Crippen molar-refractivity contribution < 1.29 is 18.8 Å². The maximum absolute atomic E-state index is 12.7. The van der Waals surface area contributed by atoms with Crippen LogP contribution in [-0.4, -0.2) is 28.4 Å². The zero-order chi connectivity index (χ0) is 19.2. The fourth-order valence-corrected chi connectivity index (χ4v) is 4.08. The fourth-order valence-electron chi connectivity index (χ4n) is 4.08. The van der Waals surface area contributed by atoms with Crippen LogP contribution in [-0.2, 0) is 16.0 Å². The Morgan fingerprint density at radius 1 is 1.22 bits per heavy atom. The summed E-state index contributed by atoms with van der Waals surface area (Å²) in [4.78, 5) is 37.5. The quantitative estimate of drug-likeness (QED) is 0.814. The zero-order valence-corrected chi connectivity index (χ0v) is 15.6. The standard InChI is InChI=1S/C20H23N3O4/c1-12-6-7-15-14(11-27-17(15)13(12)2)10-16(24)22-23-18(25)20(21-19(23)26)8-4-3-5-9-20/h6-7,11H,3-5,8-10H2,1-2H3,(H,21,26)(H,22,24). The van der Waals surface area contributed by atoms with Gasteiger partial charge in [0.15, 0.2) is 0 Å². The topological polar surface area (TPSA) is 91.7 Å². The van der Waals surface area contributed by atoms with Crippen LogP contribution in [0.1, 0.15) is 48.8 Å². The number of amides is 4. The molecule has 2 aromatic rings. The molecule has 4 amide bonds. The van der Waals surface area contributed by atoms with E-state index in [1.807, 2.05) is 26.0 Å². The third kappa shape index (κ3) is 2.87. The number of furan rings is 1. The van der Waals surface area contributed by atoms with Crippen LogP contribution in [0, 0.1) is 13.8 Å². The van der Waals surface area contributed by atoms with E-state index in [0.29, 0.717) is 12.8 Å². The van der Waals surface area contributed by atoms with Crippen molar-refractivity contribution in [2.75, 3.05) is 0 Å². The largest absolute Gasteiger partial charge is 0.464 e. The van der Waals surface area contributed by atoms with E-state index in [0.717, 1.165) is 51.9 Å². The first-order valence-electron chi connectivity index (χ1n) is 9.34. The van der Waals surface area contributed by atoms with Crippen LogP contribution in [0.3, 0.4) is 0 Å². The van der Waals surface area contributed by atoms with E-state index in [4.69, 9.17) is 4.42 Å². The molecule has 1 saturated heterocycles. The number of nitrogens with zero attached hydrogens (tertiary/aromatic N) is 1. The molecule has 2 heterocycles. The average molecular weight is 369 g/mol. The Kier molecular flexibility index (Phi) is 4.17. The summed E-state index contributed by atoms with van der Waals surface area (Å²) in [7, 11) is 0. The molecule has 1 spiro atoms. The number of carbonyl (C=O) groups is 3. The van der Waals surface area contributed by atoms with Crippen molar-refractivity contribution in [3.63, 3.8) is 0 Å². The van der Waals surface area contributed by atoms with Crippen molar-refractivity contribution in [2.45, 2.75) is 57.9 Å². The number of carbonyl (C=O) groups excluding carboxylic acids is 3. The number of benzene rings is 1. The van der Waals surface area contributed by atoms with Gasteiger partial charge in [0, 0.05) is 10.9 Å². The van der Waals surface area contributed by atoms with E-state index in [1.165, 1.54) is 0 Å². The van der Waals surface area contributed by atoms with Gasteiger partial charge in [-0.05, 0) is 37.8 Å². The lowest BCUT2D eigenvalue weighted by Gasteiger charge is -2.30. The van der Waals surface area contributed by atoms with Gasteiger partial charge in [-0.2, -0.15) is 5.01 Å². The molecule has 1 aromatic heterocycles. The second-order valence-corrected chi connectivity index (χ2v) is 7.57. The van der Waals surface area contributed by atoms with E-state index in [2.05, 4.69) is 10.7 Å². The predicted octanol–water partition coefficient (Wildman–Crippen LogP) is 2.88. The minimum Gasteiger partial charge on any atom is -0.464 e.